The molecule has 0 aliphatic rings. The van der Waals surface area contributed by atoms with Gasteiger partial charge in [0.1, 0.15) is 13.2 Å². The van der Waals surface area contributed by atoms with Gasteiger partial charge in [-0.1, -0.05) is 249 Å². The van der Waals surface area contributed by atoms with Crippen molar-refractivity contribution in [3.8, 4) is 0 Å². The van der Waals surface area contributed by atoms with Crippen molar-refractivity contribution in [2.75, 3.05) is 13.2 Å². The first-order valence-corrected chi connectivity index (χ1v) is 31.5. The highest BCUT2D eigenvalue weighted by atomic mass is 16.6. The molecule has 1 atom stereocenters. The van der Waals surface area contributed by atoms with Crippen LogP contribution >= 0.6 is 0 Å². The van der Waals surface area contributed by atoms with Crippen molar-refractivity contribution >= 4 is 17.9 Å². The Balaban J connectivity index is 4.53. The summed E-state index contributed by atoms with van der Waals surface area (Å²) in [5.74, 6) is -0.969. The fraction of sp³-hybridized carbons (Fsp3) is 0.597. The SMILES string of the molecule is CC/C=C\C/C=C\C/C=C\C/C=C\C/C=C\C/C=C\CCCCCCC(=O)OCC(COC(=O)CCCCCCC/C=C\C/C=C\CCCCCC)OC(=O)CCCCCCC/C=C\C/C=C\C/C=C\C/C=C\C/C=C\CC. The molecule has 0 saturated carbocycles. The number of hydrogen-bond acceptors (Lipinski definition) is 6. The first-order valence-electron chi connectivity index (χ1n) is 31.5. The normalized spacial score (nSPS) is 13.2. The smallest absolute Gasteiger partial charge is 0.306 e. The van der Waals surface area contributed by atoms with Gasteiger partial charge in [-0.3, -0.25) is 14.4 Å². The van der Waals surface area contributed by atoms with Gasteiger partial charge in [0.25, 0.3) is 0 Å². The van der Waals surface area contributed by atoms with Crippen LogP contribution in [0.5, 0.6) is 0 Å². The summed E-state index contributed by atoms with van der Waals surface area (Å²) in [6, 6.07) is 0. The van der Waals surface area contributed by atoms with Gasteiger partial charge < -0.3 is 14.2 Å². The van der Waals surface area contributed by atoms with Gasteiger partial charge in [-0.05, 0) is 148 Å². The van der Waals surface area contributed by atoms with Crippen molar-refractivity contribution in [1.82, 2.24) is 0 Å². The summed E-state index contributed by atoms with van der Waals surface area (Å²) in [5, 5.41) is 0. The van der Waals surface area contributed by atoms with E-state index in [9.17, 15) is 14.4 Å². The molecule has 78 heavy (non-hydrogen) atoms. The van der Waals surface area contributed by atoms with E-state index in [-0.39, 0.29) is 37.5 Å². The highest BCUT2D eigenvalue weighted by Gasteiger charge is 2.19. The average Bonchev–Trinajstić information content (AvgIpc) is 3.44. The summed E-state index contributed by atoms with van der Waals surface area (Å²) in [7, 11) is 0. The lowest BCUT2D eigenvalue weighted by atomic mass is 10.1. The summed E-state index contributed by atoms with van der Waals surface area (Å²) in [6.07, 6.45) is 93.7. The number of ether oxygens (including phenoxy) is 3. The molecule has 0 saturated heterocycles. The number of carbonyl (C=O) groups is 3. The molecule has 0 bridgehead atoms. The lowest BCUT2D eigenvalue weighted by Gasteiger charge is -2.18. The lowest BCUT2D eigenvalue weighted by molar-refractivity contribution is -0.167. The predicted octanol–water partition coefficient (Wildman–Crippen LogP) is 21.7. The van der Waals surface area contributed by atoms with Gasteiger partial charge >= 0.3 is 17.9 Å². The van der Waals surface area contributed by atoms with Crippen LogP contribution in [0.4, 0.5) is 0 Å². The second-order valence-corrected chi connectivity index (χ2v) is 20.2. The summed E-state index contributed by atoms with van der Waals surface area (Å²) in [4.78, 5) is 38.3. The van der Waals surface area contributed by atoms with Crippen molar-refractivity contribution in [1.29, 1.82) is 0 Å². The fourth-order valence-electron chi connectivity index (χ4n) is 8.09. The Hall–Kier alpha value is -4.97. The molecule has 0 aromatic rings. The molecule has 0 aliphatic heterocycles. The molecular formula is C72H114O6. The quantitative estimate of drug-likeness (QED) is 0.0261. The van der Waals surface area contributed by atoms with Gasteiger partial charge in [-0.25, -0.2) is 0 Å². The monoisotopic (exact) mass is 1070 g/mol. The fourth-order valence-corrected chi connectivity index (χ4v) is 8.09. The summed E-state index contributed by atoms with van der Waals surface area (Å²) < 4.78 is 16.9. The minimum absolute atomic E-state index is 0.109. The van der Waals surface area contributed by atoms with Crippen molar-refractivity contribution in [2.24, 2.45) is 0 Å². The third-order valence-electron chi connectivity index (χ3n) is 12.7. The van der Waals surface area contributed by atoms with E-state index < -0.39 is 6.10 Å². The molecule has 438 valence electrons. The Morgan fingerprint density at radius 1 is 0.269 bits per heavy atom. The summed E-state index contributed by atoms with van der Waals surface area (Å²) in [5.41, 5.74) is 0. The highest BCUT2D eigenvalue weighted by Crippen LogP contribution is 2.13. The zero-order valence-electron chi connectivity index (χ0n) is 50.1. The van der Waals surface area contributed by atoms with Crippen LogP contribution in [0, 0.1) is 0 Å². The number of rotatable bonds is 55. The van der Waals surface area contributed by atoms with E-state index in [1.54, 1.807) is 0 Å². The van der Waals surface area contributed by atoms with Crippen LogP contribution < -0.4 is 0 Å². The molecule has 0 radical (unpaired) electrons. The summed E-state index contributed by atoms with van der Waals surface area (Å²) >= 11 is 0. The molecule has 1 unspecified atom stereocenters. The van der Waals surface area contributed by atoms with Crippen molar-refractivity contribution in [3.63, 3.8) is 0 Å². The first-order chi connectivity index (χ1) is 38.5. The third-order valence-corrected chi connectivity index (χ3v) is 12.7. The summed E-state index contributed by atoms with van der Waals surface area (Å²) in [6.45, 7) is 6.34. The second kappa shape index (κ2) is 64.6. The Morgan fingerprint density at radius 2 is 0.500 bits per heavy atom. The number of unbranched alkanes of at least 4 members (excludes halogenated alkanes) is 18. The van der Waals surface area contributed by atoms with Crippen LogP contribution in [0.3, 0.4) is 0 Å². The number of hydrogen-bond donors (Lipinski definition) is 0. The van der Waals surface area contributed by atoms with Crippen LogP contribution in [0.2, 0.25) is 0 Å². The number of allylic oxidation sites excluding steroid dienone is 26. The van der Waals surface area contributed by atoms with Gasteiger partial charge in [-0.15, -0.1) is 0 Å². The molecule has 0 rings (SSSR count). The first kappa shape index (κ1) is 73.0. The average molecular weight is 1080 g/mol. The molecule has 0 aromatic carbocycles. The van der Waals surface area contributed by atoms with Gasteiger partial charge in [0.05, 0.1) is 0 Å². The van der Waals surface area contributed by atoms with Crippen molar-refractivity contribution in [2.45, 2.75) is 264 Å². The lowest BCUT2D eigenvalue weighted by Crippen LogP contribution is -2.30. The van der Waals surface area contributed by atoms with Crippen LogP contribution in [-0.4, -0.2) is 37.2 Å². The molecule has 6 heteroatoms. The Bertz CT molecular complexity index is 1760. The minimum atomic E-state index is -0.815. The molecule has 0 N–H and O–H groups in total. The number of carbonyl (C=O) groups excluding carboxylic acids is 3. The third kappa shape index (κ3) is 61.9. The molecule has 0 aliphatic carbocycles. The van der Waals surface area contributed by atoms with E-state index in [1.807, 2.05) is 0 Å². The predicted molar refractivity (Wildman–Crippen MR) is 338 cm³/mol. The standard InChI is InChI=1S/C72H114O6/c1-4-7-10-13-16-19-22-25-28-31-33-35-36-38-39-41-44-47-50-53-56-59-62-65-71(74)77-68-69(67-76-70(73)64-61-58-55-52-49-46-43-30-27-24-21-18-15-12-9-6-3)78-72(75)66-63-60-57-54-51-48-45-42-40-37-34-32-29-26-23-20-17-14-11-8-5-2/h7-8,10-11,16-17,19-21,24-26,28-30,33-35,37-39,42-45,47,69H,4-6,9,12-15,18,22-23,27,31-32,36,40-41,46,48-68H2,1-3H3/b10-7-,11-8-,19-16-,20-17-,24-21-,28-25-,29-26-,35-33-,37-34-,39-38-,43-30-,45-42-,47-44-. The van der Waals surface area contributed by atoms with E-state index in [0.29, 0.717) is 12.8 Å². The maximum absolute atomic E-state index is 12.9. The van der Waals surface area contributed by atoms with E-state index in [1.165, 1.54) is 32.1 Å². The van der Waals surface area contributed by atoms with E-state index in [2.05, 4.69) is 179 Å². The molecule has 0 heterocycles. The zero-order valence-corrected chi connectivity index (χ0v) is 50.1. The second-order valence-electron chi connectivity index (χ2n) is 20.2. The van der Waals surface area contributed by atoms with Crippen molar-refractivity contribution in [3.05, 3.63) is 158 Å². The van der Waals surface area contributed by atoms with Gasteiger partial charge in [0.15, 0.2) is 6.10 Å². The maximum atomic E-state index is 12.9. The van der Waals surface area contributed by atoms with Crippen LogP contribution in [0.25, 0.3) is 0 Å². The van der Waals surface area contributed by atoms with Crippen LogP contribution in [0.15, 0.2) is 158 Å². The molecule has 0 spiro atoms. The van der Waals surface area contributed by atoms with Gasteiger partial charge in [-0.2, -0.15) is 0 Å². The van der Waals surface area contributed by atoms with E-state index >= 15 is 0 Å². The minimum Gasteiger partial charge on any atom is -0.462 e. The van der Waals surface area contributed by atoms with E-state index in [4.69, 9.17) is 14.2 Å². The van der Waals surface area contributed by atoms with Gasteiger partial charge in [0.2, 0.25) is 0 Å². The van der Waals surface area contributed by atoms with E-state index in [0.717, 1.165) is 186 Å². The molecule has 0 aromatic heterocycles. The Kier molecular flexibility index (Phi) is 60.4. The largest absolute Gasteiger partial charge is 0.462 e. The Labute approximate surface area is 480 Å². The maximum Gasteiger partial charge on any atom is 0.306 e. The molecular weight excluding hydrogens is 961 g/mol. The van der Waals surface area contributed by atoms with Crippen LogP contribution in [-0.2, 0) is 28.6 Å². The Morgan fingerprint density at radius 3 is 0.782 bits per heavy atom. The highest BCUT2D eigenvalue weighted by molar-refractivity contribution is 5.71. The molecule has 0 fully saturated rings. The number of esters is 3. The van der Waals surface area contributed by atoms with Crippen LogP contribution in [0.1, 0.15) is 258 Å². The zero-order chi connectivity index (χ0) is 56.4. The van der Waals surface area contributed by atoms with Gasteiger partial charge in [0, 0.05) is 19.3 Å². The van der Waals surface area contributed by atoms with Crippen molar-refractivity contribution < 1.29 is 28.6 Å². The molecule has 0 amide bonds. The topological polar surface area (TPSA) is 78.9 Å². The molecule has 6 nitrogen and oxygen atoms in total.